The standard InChI is InChI=1S/C26H26ClF2NO4S/c1-3-5-13-34-20(31)14-30-23(15-9-10-15)25(17-11-12-18(27)22(29)24(17)30)35-19-8-6-7-16(21(19)28)26(32)33-4-2/h6-8,11-12,15H,3-5,9-10,13-14H2,1-2H3. The normalized spacial score (nSPS) is 13.3. The third-order valence-electron chi connectivity index (χ3n) is 5.79. The number of halogens is 3. The van der Waals surface area contributed by atoms with Crippen molar-refractivity contribution in [3.63, 3.8) is 0 Å². The Labute approximate surface area is 211 Å². The lowest BCUT2D eigenvalue weighted by atomic mass is 10.2. The highest BCUT2D eigenvalue weighted by molar-refractivity contribution is 7.99. The van der Waals surface area contributed by atoms with E-state index < -0.39 is 23.6 Å². The molecule has 186 valence electrons. The second kappa shape index (κ2) is 11.0. The predicted octanol–water partition coefficient (Wildman–Crippen LogP) is 7.12. The van der Waals surface area contributed by atoms with Crippen LogP contribution in [-0.2, 0) is 20.8 Å². The van der Waals surface area contributed by atoms with Crippen molar-refractivity contribution >= 4 is 46.2 Å². The minimum absolute atomic E-state index is 0.0648. The molecule has 1 fully saturated rings. The Hall–Kier alpha value is -2.58. The third kappa shape index (κ3) is 5.33. The van der Waals surface area contributed by atoms with Gasteiger partial charge in [0, 0.05) is 26.8 Å². The molecule has 1 aliphatic rings. The van der Waals surface area contributed by atoms with Crippen molar-refractivity contribution in [2.75, 3.05) is 13.2 Å². The molecular formula is C26H26ClF2NO4S. The van der Waals surface area contributed by atoms with Crippen molar-refractivity contribution in [3.05, 3.63) is 58.2 Å². The van der Waals surface area contributed by atoms with Crippen LogP contribution in [0, 0.1) is 11.6 Å². The van der Waals surface area contributed by atoms with Crippen LogP contribution in [0.3, 0.4) is 0 Å². The Morgan fingerprint density at radius 1 is 1.11 bits per heavy atom. The van der Waals surface area contributed by atoms with E-state index in [9.17, 15) is 9.59 Å². The van der Waals surface area contributed by atoms with Crippen LogP contribution in [-0.4, -0.2) is 29.7 Å². The Kier molecular flexibility index (Phi) is 8.02. The molecule has 1 saturated carbocycles. The van der Waals surface area contributed by atoms with Crippen molar-refractivity contribution in [2.24, 2.45) is 0 Å². The molecule has 2 aromatic carbocycles. The van der Waals surface area contributed by atoms with Crippen LogP contribution in [0.4, 0.5) is 8.78 Å². The lowest BCUT2D eigenvalue weighted by Gasteiger charge is -2.12. The molecule has 1 heterocycles. The van der Waals surface area contributed by atoms with E-state index in [4.69, 9.17) is 21.1 Å². The monoisotopic (exact) mass is 521 g/mol. The van der Waals surface area contributed by atoms with Gasteiger partial charge >= 0.3 is 11.9 Å². The van der Waals surface area contributed by atoms with Gasteiger partial charge in [0.15, 0.2) is 11.6 Å². The summed E-state index contributed by atoms with van der Waals surface area (Å²) >= 11 is 7.21. The Morgan fingerprint density at radius 2 is 1.89 bits per heavy atom. The van der Waals surface area contributed by atoms with E-state index in [1.54, 1.807) is 29.7 Å². The van der Waals surface area contributed by atoms with Gasteiger partial charge in [-0.3, -0.25) is 4.79 Å². The first kappa shape index (κ1) is 25.5. The number of unbranched alkanes of at least 4 members (excludes halogenated alkanes) is 1. The fourth-order valence-electron chi connectivity index (χ4n) is 3.97. The van der Waals surface area contributed by atoms with E-state index in [1.807, 2.05) is 6.92 Å². The molecule has 0 radical (unpaired) electrons. The maximum atomic E-state index is 15.3. The molecule has 0 saturated heterocycles. The lowest BCUT2D eigenvalue weighted by molar-refractivity contribution is -0.144. The van der Waals surface area contributed by atoms with Crippen molar-refractivity contribution in [3.8, 4) is 0 Å². The van der Waals surface area contributed by atoms with Gasteiger partial charge in [0.2, 0.25) is 0 Å². The van der Waals surface area contributed by atoms with E-state index in [1.165, 1.54) is 12.1 Å². The maximum Gasteiger partial charge on any atom is 0.341 e. The first-order valence-electron chi connectivity index (χ1n) is 11.7. The number of hydrogen-bond donors (Lipinski definition) is 0. The summed E-state index contributed by atoms with van der Waals surface area (Å²) in [5, 5.41) is 0.464. The molecule has 0 unspecified atom stereocenters. The molecule has 3 aromatic rings. The van der Waals surface area contributed by atoms with Crippen LogP contribution in [0.1, 0.15) is 61.5 Å². The summed E-state index contributed by atoms with van der Waals surface area (Å²) in [6.45, 7) is 3.90. The second-order valence-corrected chi connectivity index (χ2v) is 9.81. The fourth-order valence-corrected chi connectivity index (χ4v) is 5.35. The molecule has 1 aliphatic carbocycles. The number of fused-ring (bicyclic) bond motifs is 1. The molecule has 5 nitrogen and oxygen atoms in total. The molecule has 35 heavy (non-hydrogen) atoms. The van der Waals surface area contributed by atoms with E-state index in [2.05, 4.69) is 0 Å². The number of carbonyl (C=O) groups excluding carboxylic acids is 2. The number of carbonyl (C=O) groups is 2. The third-order valence-corrected chi connectivity index (χ3v) is 7.25. The van der Waals surface area contributed by atoms with E-state index in [0.717, 1.165) is 43.1 Å². The zero-order valence-corrected chi connectivity index (χ0v) is 21.1. The van der Waals surface area contributed by atoms with Gasteiger partial charge in [-0.2, -0.15) is 0 Å². The Balaban J connectivity index is 1.81. The quantitative estimate of drug-likeness (QED) is 0.210. The average Bonchev–Trinajstić information content (AvgIpc) is 3.62. The van der Waals surface area contributed by atoms with Gasteiger partial charge in [0.25, 0.3) is 0 Å². The summed E-state index contributed by atoms with van der Waals surface area (Å²) in [6.07, 6.45) is 3.37. The lowest BCUT2D eigenvalue weighted by Crippen LogP contribution is -2.16. The maximum absolute atomic E-state index is 15.3. The smallest absolute Gasteiger partial charge is 0.341 e. The van der Waals surface area contributed by atoms with Crippen LogP contribution in [0.25, 0.3) is 10.9 Å². The molecule has 0 N–H and O–H groups in total. The Bertz CT molecular complexity index is 1270. The molecule has 9 heteroatoms. The van der Waals surface area contributed by atoms with Gasteiger partial charge in [-0.1, -0.05) is 42.8 Å². The first-order chi connectivity index (χ1) is 16.9. The topological polar surface area (TPSA) is 57.5 Å². The Morgan fingerprint density at radius 3 is 2.57 bits per heavy atom. The minimum Gasteiger partial charge on any atom is -0.464 e. The summed E-state index contributed by atoms with van der Waals surface area (Å²) in [4.78, 5) is 25.6. The molecule has 0 aliphatic heterocycles. The SMILES string of the molecule is CCCCOC(=O)Cn1c(C2CC2)c(Sc2cccc(C(=O)OCC)c2F)c2ccc(Cl)c(F)c21. The summed E-state index contributed by atoms with van der Waals surface area (Å²) in [5.74, 6) is -2.46. The van der Waals surface area contributed by atoms with Gasteiger partial charge in [0.1, 0.15) is 6.54 Å². The molecule has 0 atom stereocenters. The highest BCUT2D eigenvalue weighted by atomic mass is 35.5. The molecule has 0 amide bonds. The van der Waals surface area contributed by atoms with E-state index >= 15 is 8.78 Å². The summed E-state index contributed by atoms with van der Waals surface area (Å²) in [6, 6.07) is 7.65. The second-order valence-electron chi connectivity index (χ2n) is 8.35. The van der Waals surface area contributed by atoms with Crippen LogP contribution in [0.15, 0.2) is 40.1 Å². The highest BCUT2D eigenvalue weighted by Gasteiger charge is 2.34. The number of esters is 2. The molecular weight excluding hydrogens is 496 g/mol. The molecule has 0 spiro atoms. The van der Waals surface area contributed by atoms with Gasteiger partial charge in [0.05, 0.1) is 29.3 Å². The number of aromatic nitrogens is 1. The first-order valence-corrected chi connectivity index (χ1v) is 12.9. The summed E-state index contributed by atoms with van der Waals surface area (Å²) in [5.41, 5.74) is 0.776. The van der Waals surface area contributed by atoms with Crippen molar-refractivity contribution < 1.29 is 27.8 Å². The van der Waals surface area contributed by atoms with Crippen molar-refractivity contribution in [1.82, 2.24) is 4.57 Å². The van der Waals surface area contributed by atoms with Gasteiger partial charge in [-0.15, -0.1) is 0 Å². The fraction of sp³-hybridized carbons (Fsp3) is 0.385. The van der Waals surface area contributed by atoms with E-state index in [-0.39, 0.29) is 40.1 Å². The number of benzene rings is 2. The number of ether oxygens (including phenoxy) is 2. The number of nitrogens with zero attached hydrogens (tertiary/aromatic N) is 1. The number of hydrogen-bond acceptors (Lipinski definition) is 5. The average molecular weight is 522 g/mol. The molecule has 1 aromatic heterocycles. The van der Waals surface area contributed by atoms with Gasteiger partial charge in [-0.05, 0) is 50.5 Å². The minimum atomic E-state index is -0.745. The summed E-state index contributed by atoms with van der Waals surface area (Å²) < 4.78 is 42.6. The molecule has 4 rings (SSSR count). The highest BCUT2D eigenvalue weighted by Crippen LogP contribution is 2.51. The molecule has 0 bridgehead atoms. The number of rotatable bonds is 10. The van der Waals surface area contributed by atoms with Crippen LogP contribution in [0.5, 0.6) is 0 Å². The van der Waals surface area contributed by atoms with Crippen molar-refractivity contribution in [1.29, 1.82) is 0 Å². The van der Waals surface area contributed by atoms with E-state index in [0.29, 0.717) is 16.9 Å². The van der Waals surface area contributed by atoms with Gasteiger partial charge < -0.3 is 14.0 Å². The van der Waals surface area contributed by atoms with Gasteiger partial charge in [-0.25, -0.2) is 13.6 Å². The predicted molar refractivity (Wildman–Crippen MR) is 131 cm³/mol. The van der Waals surface area contributed by atoms with Crippen molar-refractivity contribution in [2.45, 2.75) is 61.8 Å². The van der Waals surface area contributed by atoms with Crippen LogP contribution < -0.4 is 0 Å². The zero-order chi connectivity index (χ0) is 25.1. The zero-order valence-electron chi connectivity index (χ0n) is 19.5. The van der Waals surface area contributed by atoms with Crippen LogP contribution in [0.2, 0.25) is 5.02 Å². The summed E-state index contributed by atoms with van der Waals surface area (Å²) in [7, 11) is 0. The largest absolute Gasteiger partial charge is 0.464 e. The van der Waals surface area contributed by atoms with Crippen LogP contribution >= 0.6 is 23.4 Å².